The van der Waals surface area contributed by atoms with Crippen molar-refractivity contribution in [2.75, 3.05) is 0 Å². The molecule has 0 amide bonds. The van der Waals surface area contributed by atoms with Crippen molar-refractivity contribution in [2.24, 2.45) is 0 Å². The molecule has 0 aliphatic carbocycles. The molecule has 1 heterocycles. The monoisotopic (exact) mass is 299 g/mol. The largest absolute Gasteiger partial charge is 0.489 e. The molecule has 112 valence electrons. The number of rotatable bonds is 7. The average molecular weight is 299 g/mol. The minimum absolute atomic E-state index is 0.235. The summed E-state index contributed by atoms with van der Waals surface area (Å²) in [6, 6.07) is 9.91. The zero-order valence-electron chi connectivity index (χ0n) is 11.6. The number of benzene rings is 1. The molecule has 6 nitrogen and oxygen atoms in total. The lowest BCUT2D eigenvalue weighted by molar-refractivity contribution is -0.148. The van der Waals surface area contributed by atoms with Crippen LogP contribution in [0.1, 0.15) is 22.3 Å². The standard InChI is InChI=1S/C16H13NO5/c18-14(8-15(19)16(20)21)12-4-1-5-13(7-12)22-10-11-3-2-6-17-9-11/h1-7,9H,8,10H2,(H,20,21). The second-order valence-corrected chi connectivity index (χ2v) is 4.51. The maximum absolute atomic E-state index is 11.8. The van der Waals surface area contributed by atoms with Crippen molar-refractivity contribution >= 4 is 17.5 Å². The summed E-state index contributed by atoms with van der Waals surface area (Å²) in [6.07, 6.45) is 2.66. The Labute approximate surface area is 126 Å². The third-order valence-corrected chi connectivity index (χ3v) is 2.84. The summed E-state index contributed by atoms with van der Waals surface area (Å²) in [5, 5.41) is 8.51. The van der Waals surface area contributed by atoms with Crippen LogP contribution in [0, 0.1) is 0 Å². The zero-order chi connectivity index (χ0) is 15.9. The van der Waals surface area contributed by atoms with Crippen molar-refractivity contribution < 1.29 is 24.2 Å². The quantitative estimate of drug-likeness (QED) is 0.476. The second kappa shape index (κ2) is 7.12. The average Bonchev–Trinajstić information content (AvgIpc) is 2.54. The van der Waals surface area contributed by atoms with Crippen molar-refractivity contribution in [1.82, 2.24) is 4.98 Å². The molecular formula is C16H13NO5. The van der Waals surface area contributed by atoms with Gasteiger partial charge in [0.15, 0.2) is 5.78 Å². The summed E-state index contributed by atoms with van der Waals surface area (Å²) < 4.78 is 5.54. The van der Waals surface area contributed by atoms with Crippen molar-refractivity contribution in [1.29, 1.82) is 0 Å². The molecule has 1 N–H and O–H groups in total. The summed E-state index contributed by atoms with van der Waals surface area (Å²) in [6.45, 7) is 0.291. The first-order valence-electron chi connectivity index (χ1n) is 6.47. The maximum Gasteiger partial charge on any atom is 0.372 e. The van der Waals surface area contributed by atoms with Gasteiger partial charge in [-0.3, -0.25) is 14.6 Å². The number of hydrogen-bond donors (Lipinski definition) is 1. The summed E-state index contributed by atoms with van der Waals surface area (Å²) in [7, 11) is 0. The van der Waals surface area contributed by atoms with Gasteiger partial charge in [-0.15, -0.1) is 0 Å². The highest BCUT2D eigenvalue weighted by atomic mass is 16.5. The van der Waals surface area contributed by atoms with Gasteiger partial charge in [0.2, 0.25) is 5.78 Å². The van der Waals surface area contributed by atoms with E-state index in [1.54, 1.807) is 30.6 Å². The van der Waals surface area contributed by atoms with E-state index in [-0.39, 0.29) is 5.56 Å². The van der Waals surface area contributed by atoms with Crippen molar-refractivity contribution in [3.63, 3.8) is 0 Å². The highest BCUT2D eigenvalue weighted by Gasteiger charge is 2.18. The minimum atomic E-state index is -1.61. The van der Waals surface area contributed by atoms with E-state index in [0.29, 0.717) is 12.4 Å². The van der Waals surface area contributed by atoms with Gasteiger partial charge in [-0.25, -0.2) is 4.79 Å². The van der Waals surface area contributed by atoms with Gasteiger partial charge >= 0.3 is 5.97 Å². The van der Waals surface area contributed by atoms with E-state index in [2.05, 4.69) is 4.98 Å². The Bertz CT molecular complexity index is 697. The Morgan fingerprint density at radius 2 is 1.95 bits per heavy atom. The summed E-state index contributed by atoms with van der Waals surface area (Å²) in [4.78, 5) is 37.3. The normalized spacial score (nSPS) is 10.0. The third-order valence-electron chi connectivity index (χ3n) is 2.84. The highest BCUT2D eigenvalue weighted by Crippen LogP contribution is 2.16. The summed E-state index contributed by atoms with van der Waals surface area (Å²) in [5.74, 6) is -2.85. The molecule has 0 saturated carbocycles. The van der Waals surface area contributed by atoms with Crippen LogP contribution in [0.4, 0.5) is 0 Å². The number of carboxylic acid groups (broad SMARTS) is 1. The molecule has 0 fully saturated rings. The van der Waals surface area contributed by atoms with Crippen LogP contribution < -0.4 is 4.74 Å². The summed E-state index contributed by atoms with van der Waals surface area (Å²) in [5.41, 5.74) is 1.11. The van der Waals surface area contributed by atoms with Gasteiger partial charge in [0, 0.05) is 23.5 Å². The van der Waals surface area contributed by atoms with E-state index >= 15 is 0 Å². The first-order chi connectivity index (χ1) is 10.6. The fourth-order valence-corrected chi connectivity index (χ4v) is 1.73. The molecule has 0 aliphatic rings. The molecule has 1 aromatic carbocycles. The van der Waals surface area contributed by atoms with Gasteiger partial charge < -0.3 is 9.84 Å². The summed E-state index contributed by atoms with van der Waals surface area (Å²) >= 11 is 0. The molecule has 0 spiro atoms. The van der Waals surface area contributed by atoms with E-state index in [1.807, 2.05) is 6.07 Å². The Balaban J connectivity index is 2.02. The van der Waals surface area contributed by atoms with Gasteiger partial charge in [-0.05, 0) is 18.2 Å². The maximum atomic E-state index is 11.8. The number of aromatic nitrogens is 1. The molecular weight excluding hydrogens is 286 g/mol. The zero-order valence-corrected chi connectivity index (χ0v) is 11.6. The number of nitrogens with zero attached hydrogens (tertiary/aromatic N) is 1. The lowest BCUT2D eigenvalue weighted by atomic mass is 10.1. The molecule has 0 unspecified atom stereocenters. The Morgan fingerprint density at radius 3 is 2.64 bits per heavy atom. The highest BCUT2D eigenvalue weighted by molar-refractivity contribution is 6.37. The van der Waals surface area contributed by atoms with E-state index in [4.69, 9.17) is 9.84 Å². The van der Waals surface area contributed by atoms with Gasteiger partial charge in [0.1, 0.15) is 12.4 Å². The Morgan fingerprint density at radius 1 is 1.14 bits per heavy atom. The van der Waals surface area contributed by atoms with E-state index in [1.165, 1.54) is 12.1 Å². The van der Waals surface area contributed by atoms with Crippen LogP contribution >= 0.6 is 0 Å². The number of ether oxygens (including phenoxy) is 1. The smallest absolute Gasteiger partial charge is 0.372 e. The van der Waals surface area contributed by atoms with Crippen LogP contribution in [0.5, 0.6) is 5.75 Å². The number of hydrogen-bond acceptors (Lipinski definition) is 5. The molecule has 2 aromatic rings. The predicted molar refractivity (Wildman–Crippen MR) is 76.6 cm³/mol. The second-order valence-electron chi connectivity index (χ2n) is 4.51. The van der Waals surface area contributed by atoms with Crippen LogP contribution in [0.15, 0.2) is 48.8 Å². The van der Waals surface area contributed by atoms with Crippen molar-refractivity contribution in [3.05, 3.63) is 59.9 Å². The van der Waals surface area contributed by atoms with Crippen molar-refractivity contribution in [2.45, 2.75) is 13.0 Å². The fraction of sp³-hybridized carbons (Fsp3) is 0.125. The molecule has 0 aliphatic heterocycles. The first-order valence-corrected chi connectivity index (χ1v) is 6.47. The first kappa shape index (κ1) is 15.4. The molecule has 22 heavy (non-hydrogen) atoms. The number of Topliss-reactive ketones (excluding diaryl/α,β-unsaturated/α-hetero) is 2. The van der Waals surface area contributed by atoms with Crippen LogP contribution in [0.2, 0.25) is 0 Å². The van der Waals surface area contributed by atoms with Crippen LogP contribution in [-0.2, 0) is 16.2 Å². The number of carbonyl (C=O) groups is 3. The Hall–Kier alpha value is -3.02. The van der Waals surface area contributed by atoms with E-state index < -0.39 is 24.0 Å². The lowest BCUT2D eigenvalue weighted by Gasteiger charge is -2.07. The molecule has 0 atom stereocenters. The molecule has 0 bridgehead atoms. The van der Waals surface area contributed by atoms with Gasteiger partial charge in [0.05, 0.1) is 6.42 Å². The molecule has 6 heteroatoms. The van der Waals surface area contributed by atoms with Crippen molar-refractivity contribution in [3.8, 4) is 5.75 Å². The molecule has 2 rings (SSSR count). The Kier molecular flexibility index (Phi) is 4.98. The van der Waals surface area contributed by atoms with Gasteiger partial charge in [0.25, 0.3) is 0 Å². The number of pyridine rings is 1. The lowest BCUT2D eigenvalue weighted by Crippen LogP contribution is -2.17. The number of aliphatic carboxylic acids is 1. The van der Waals surface area contributed by atoms with Gasteiger partial charge in [-0.1, -0.05) is 18.2 Å². The number of ketones is 2. The minimum Gasteiger partial charge on any atom is -0.489 e. The van der Waals surface area contributed by atoms with Gasteiger partial charge in [-0.2, -0.15) is 0 Å². The topological polar surface area (TPSA) is 93.6 Å². The predicted octanol–water partition coefficient (Wildman–Crippen LogP) is 1.89. The third kappa shape index (κ3) is 4.24. The fourth-order valence-electron chi connectivity index (χ4n) is 1.73. The molecule has 0 saturated heterocycles. The van der Waals surface area contributed by atoms with E-state index in [9.17, 15) is 14.4 Å². The van der Waals surface area contributed by atoms with Crippen LogP contribution in [0.3, 0.4) is 0 Å². The van der Waals surface area contributed by atoms with Crippen LogP contribution in [-0.4, -0.2) is 27.6 Å². The molecule has 1 aromatic heterocycles. The SMILES string of the molecule is O=C(O)C(=O)CC(=O)c1cccc(OCc2cccnc2)c1. The van der Waals surface area contributed by atoms with E-state index in [0.717, 1.165) is 5.56 Å². The number of carboxylic acids is 1. The number of carbonyl (C=O) groups excluding carboxylic acids is 2. The van der Waals surface area contributed by atoms with Crippen LogP contribution in [0.25, 0.3) is 0 Å². The molecule has 0 radical (unpaired) electrons.